The van der Waals surface area contributed by atoms with Gasteiger partial charge in [0.25, 0.3) is 0 Å². The molecule has 1 aliphatic rings. The SMILES string of the molecule is NC1=NCC(c2nccs2)N1c1ccccc1Br. The highest BCUT2D eigenvalue weighted by Crippen LogP contribution is 2.35. The predicted molar refractivity (Wildman–Crippen MR) is 78.0 cm³/mol. The molecule has 0 saturated heterocycles. The maximum atomic E-state index is 6.01. The molecule has 0 radical (unpaired) electrons. The molecule has 2 heterocycles. The number of nitrogens with two attached hydrogens (primary N) is 1. The Labute approximate surface area is 117 Å². The van der Waals surface area contributed by atoms with E-state index < -0.39 is 0 Å². The quantitative estimate of drug-likeness (QED) is 0.925. The Balaban J connectivity index is 2.03. The number of benzene rings is 1. The minimum atomic E-state index is 0.101. The zero-order valence-electron chi connectivity index (χ0n) is 9.45. The first-order valence-electron chi connectivity index (χ1n) is 5.50. The number of nitrogens with zero attached hydrogens (tertiary/aromatic N) is 3. The van der Waals surface area contributed by atoms with E-state index >= 15 is 0 Å². The van der Waals surface area contributed by atoms with Crippen LogP contribution in [0.4, 0.5) is 5.69 Å². The third kappa shape index (κ3) is 1.91. The van der Waals surface area contributed by atoms with Crippen LogP contribution >= 0.6 is 27.3 Å². The van der Waals surface area contributed by atoms with Gasteiger partial charge in [-0.15, -0.1) is 11.3 Å². The van der Waals surface area contributed by atoms with Crippen LogP contribution in [0.2, 0.25) is 0 Å². The van der Waals surface area contributed by atoms with Crippen LogP contribution in [0, 0.1) is 0 Å². The molecule has 2 aromatic rings. The molecule has 18 heavy (non-hydrogen) atoms. The first kappa shape index (κ1) is 11.7. The number of aromatic nitrogens is 1. The second kappa shape index (κ2) is 4.70. The van der Waals surface area contributed by atoms with E-state index in [4.69, 9.17) is 5.73 Å². The lowest BCUT2D eigenvalue weighted by Crippen LogP contribution is -2.36. The van der Waals surface area contributed by atoms with Gasteiger partial charge < -0.3 is 5.73 Å². The number of halogens is 1. The number of thiazole rings is 1. The summed E-state index contributed by atoms with van der Waals surface area (Å²) in [6, 6.07) is 8.10. The molecule has 1 aromatic carbocycles. The van der Waals surface area contributed by atoms with Gasteiger partial charge in [-0.2, -0.15) is 0 Å². The van der Waals surface area contributed by atoms with E-state index in [1.165, 1.54) is 0 Å². The summed E-state index contributed by atoms with van der Waals surface area (Å²) in [5.74, 6) is 0.544. The fourth-order valence-corrected chi connectivity index (χ4v) is 3.22. The van der Waals surface area contributed by atoms with Crippen molar-refractivity contribution in [1.29, 1.82) is 0 Å². The number of hydrogen-bond donors (Lipinski definition) is 1. The molecule has 1 aromatic heterocycles. The maximum Gasteiger partial charge on any atom is 0.196 e. The van der Waals surface area contributed by atoms with Gasteiger partial charge in [-0.05, 0) is 28.1 Å². The second-order valence-corrected chi connectivity index (χ2v) is 5.69. The first-order chi connectivity index (χ1) is 8.77. The number of aliphatic imine (C=N–C) groups is 1. The fraction of sp³-hybridized carbons (Fsp3) is 0.167. The average molecular weight is 323 g/mol. The summed E-state index contributed by atoms with van der Waals surface area (Å²) in [7, 11) is 0. The van der Waals surface area contributed by atoms with Crippen molar-refractivity contribution in [2.24, 2.45) is 10.7 Å². The lowest BCUT2D eigenvalue weighted by molar-refractivity contribution is 0.759. The van der Waals surface area contributed by atoms with E-state index in [0.717, 1.165) is 15.2 Å². The van der Waals surface area contributed by atoms with Crippen molar-refractivity contribution in [2.45, 2.75) is 6.04 Å². The molecule has 3 rings (SSSR count). The summed E-state index contributed by atoms with van der Waals surface area (Å²) in [5.41, 5.74) is 7.03. The lowest BCUT2D eigenvalue weighted by Gasteiger charge is -2.25. The molecule has 0 fully saturated rings. The Morgan fingerprint density at radius 2 is 2.22 bits per heavy atom. The van der Waals surface area contributed by atoms with Gasteiger partial charge in [0.15, 0.2) is 5.96 Å². The van der Waals surface area contributed by atoms with E-state index in [0.29, 0.717) is 12.5 Å². The highest BCUT2D eigenvalue weighted by Gasteiger charge is 2.31. The van der Waals surface area contributed by atoms with Crippen molar-refractivity contribution in [3.63, 3.8) is 0 Å². The summed E-state index contributed by atoms with van der Waals surface area (Å²) in [6.45, 7) is 0.653. The first-order valence-corrected chi connectivity index (χ1v) is 7.17. The molecular formula is C12H11BrN4S. The van der Waals surface area contributed by atoms with Gasteiger partial charge >= 0.3 is 0 Å². The van der Waals surface area contributed by atoms with E-state index in [1.54, 1.807) is 11.3 Å². The number of guanidine groups is 1. The van der Waals surface area contributed by atoms with Gasteiger partial charge in [0.05, 0.1) is 12.2 Å². The summed E-state index contributed by atoms with van der Waals surface area (Å²) >= 11 is 5.18. The van der Waals surface area contributed by atoms with Crippen molar-refractivity contribution in [1.82, 2.24) is 4.98 Å². The maximum absolute atomic E-state index is 6.01. The largest absolute Gasteiger partial charge is 0.369 e. The molecule has 0 aliphatic carbocycles. The molecule has 2 N–H and O–H groups in total. The Kier molecular flexibility index (Phi) is 3.05. The van der Waals surface area contributed by atoms with Gasteiger partial charge in [-0.3, -0.25) is 9.89 Å². The Bertz CT molecular complexity index is 582. The fourth-order valence-electron chi connectivity index (χ4n) is 2.02. The Hall–Kier alpha value is -1.40. The molecule has 0 bridgehead atoms. The molecule has 4 nitrogen and oxygen atoms in total. The van der Waals surface area contributed by atoms with Crippen LogP contribution in [-0.4, -0.2) is 17.5 Å². The number of rotatable bonds is 2. The minimum absolute atomic E-state index is 0.101. The summed E-state index contributed by atoms with van der Waals surface area (Å²) in [4.78, 5) is 10.7. The molecule has 6 heteroatoms. The third-order valence-corrected chi connectivity index (χ3v) is 4.38. The van der Waals surface area contributed by atoms with Gasteiger partial charge in [-0.1, -0.05) is 12.1 Å². The summed E-state index contributed by atoms with van der Waals surface area (Å²) in [6.07, 6.45) is 1.81. The zero-order chi connectivity index (χ0) is 12.5. The lowest BCUT2D eigenvalue weighted by atomic mass is 10.2. The van der Waals surface area contributed by atoms with Crippen molar-refractivity contribution in [3.05, 3.63) is 45.3 Å². The summed E-state index contributed by atoms with van der Waals surface area (Å²) < 4.78 is 1.01. The van der Waals surface area contributed by atoms with Crippen molar-refractivity contribution in [2.75, 3.05) is 11.4 Å². The van der Waals surface area contributed by atoms with Crippen LogP contribution in [0.15, 0.2) is 45.3 Å². The smallest absolute Gasteiger partial charge is 0.196 e. The average Bonchev–Trinajstić information content (AvgIpc) is 2.99. The Morgan fingerprint density at radius 1 is 1.39 bits per heavy atom. The van der Waals surface area contributed by atoms with E-state index in [-0.39, 0.29) is 6.04 Å². The van der Waals surface area contributed by atoms with Crippen LogP contribution in [0.5, 0.6) is 0 Å². The highest BCUT2D eigenvalue weighted by molar-refractivity contribution is 9.10. The summed E-state index contributed by atoms with van der Waals surface area (Å²) in [5, 5.41) is 3.01. The van der Waals surface area contributed by atoms with Gasteiger partial charge in [0.1, 0.15) is 11.0 Å². The van der Waals surface area contributed by atoms with Crippen LogP contribution in [0.25, 0.3) is 0 Å². The number of anilines is 1. The van der Waals surface area contributed by atoms with Crippen LogP contribution in [0.3, 0.4) is 0 Å². The highest BCUT2D eigenvalue weighted by atomic mass is 79.9. The third-order valence-electron chi connectivity index (χ3n) is 2.83. The molecular weight excluding hydrogens is 312 g/mol. The molecule has 0 saturated carbocycles. The Morgan fingerprint density at radius 3 is 2.94 bits per heavy atom. The van der Waals surface area contributed by atoms with Crippen molar-refractivity contribution < 1.29 is 0 Å². The van der Waals surface area contributed by atoms with Crippen molar-refractivity contribution >= 4 is 38.9 Å². The van der Waals surface area contributed by atoms with Crippen LogP contribution in [-0.2, 0) is 0 Å². The minimum Gasteiger partial charge on any atom is -0.369 e. The second-order valence-electron chi connectivity index (χ2n) is 3.91. The molecule has 92 valence electrons. The van der Waals surface area contributed by atoms with Crippen LogP contribution in [0.1, 0.15) is 11.0 Å². The molecule has 0 amide bonds. The monoisotopic (exact) mass is 322 g/mol. The van der Waals surface area contributed by atoms with E-state index in [2.05, 4.69) is 25.9 Å². The normalized spacial score (nSPS) is 19.1. The van der Waals surface area contributed by atoms with Crippen molar-refractivity contribution in [3.8, 4) is 0 Å². The van der Waals surface area contributed by atoms with Gasteiger partial charge in [0.2, 0.25) is 0 Å². The molecule has 1 aliphatic heterocycles. The van der Waals surface area contributed by atoms with E-state index in [1.807, 2.05) is 40.7 Å². The molecule has 1 atom stereocenters. The van der Waals surface area contributed by atoms with Crippen LogP contribution < -0.4 is 10.6 Å². The molecule has 0 spiro atoms. The van der Waals surface area contributed by atoms with Gasteiger partial charge in [0, 0.05) is 16.0 Å². The number of hydrogen-bond acceptors (Lipinski definition) is 5. The topological polar surface area (TPSA) is 54.5 Å². The predicted octanol–water partition coefficient (Wildman–Crippen LogP) is 2.78. The number of para-hydroxylation sites is 1. The van der Waals surface area contributed by atoms with Gasteiger partial charge in [-0.25, -0.2) is 4.98 Å². The molecule has 1 unspecified atom stereocenters. The standard InChI is InChI=1S/C12H11BrN4S/c13-8-3-1-2-4-9(8)17-10(7-16-12(17)14)11-15-5-6-18-11/h1-6,10H,7H2,(H2,14,16). The zero-order valence-corrected chi connectivity index (χ0v) is 11.9. The van der Waals surface area contributed by atoms with E-state index in [9.17, 15) is 0 Å².